The van der Waals surface area contributed by atoms with E-state index in [4.69, 9.17) is 15.2 Å². The number of ether oxygens (including phenoxy) is 2. The number of nitrogen functional groups attached to an aromatic ring is 1. The van der Waals surface area contributed by atoms with E-state index in [1.54, 1.807) is 31.2 Å². The lowest BCUT2D eigenvalue weighted by atomic mass is 10.0. The van der Waals surface area contributed by atoms with Gasteiger partial charge in [-0.15, -0.1) is 23.7 Å². The van der Waals surface area contributed by atoms with Crippen molar-refractivity contribution in [1.82, 2.24) is 4.90 Å². The molecule has 0 aliphatic carbocycles. The molecule has 194 valence electrons. The first-order valence-electron chi connectivity index (χ1n) is 10.8. The maximum atomic E-state index is 14.5. The number of methoxy groups -OCH3 is 1. The number of amides is 1. The summed E-state index contributed by atoms with van der Waals surface area (Å²) in [5, 5.41) is 0.168. The molecule has 3 aromatic rings. The summed E-state index contributed by atoms with van der Waals surface area (Å²) in [5.74, 6) is -2.29. The van der Waals surface area contributed by atoms with Gasteiger partial charge in [-0.05, 0) is 50.8 Å². The predicted octanol–water partition coefficient (Wildman–Crippen LogP) is 5.71. The van der Waals surface area contributed by atoms with Gasteiger partial charge in [0, 0.05) is 28.2 Å². The fourth-order valence-corrected chi connectivity index (χ4v) is 4.86. The van der Waals surface area contributed by atoms with Gasteiger partial charge in [0.2, 0.25) is 0 Å². The third-order valence-electron chi connectivity index (χ3n) is 5.13. The van der Waals surface area contributed by atoms with E-state index >= 15 is 0 Å². The molecule has 36 heavy (non-hydrogen) atoms. The number of benzene rings is 2. The Morgan fingerprint density at radius 3 is 2.14 bits per heavy atom. The Kier molecular flexibility index (Phi) is 10.2. The number of nitrogens with zero attached hydrogens (tertiary/aromatic N) is 2. The van der Waals surface area contributed by atoms with Gasteiger partial charge >= 0.3 is 12.1 Å². The average Bonchev–Trinajstić information content (AvgIpc) is 3.17. The van der Waals surface area contributed by atoms with Gasteiger partial charge in [0.25, 0.3) is 0 Å². The lowest BCUT2D eigenvalue weighted by Crippen LogP contribution is -2.32. The van der Waals surface area contributed by atoms with Crippen LogP contribution in [0.4, 0.5) is 24.3 Å². The molecule has 0 atom stereocenters. The molecule has 2 aromatic carbocycles. The van der Waals surface area contributed by atoms with Crippen LogP contribution in [0.3, 0.4) is 0 Å². The molecule has 7 nitrogen and oxygen atoms in total. The Balaban J connectivity index is 0.00000456. The van der Waals surface area contributed by atoms with Crippen LogP contribution in [0.15, 0.2) is 42.5 Å². The van der Waals surface area contributed by atoms with Gasteiger partial charge in [0.1, 0.15) is 16.6 Å². The van der Waals surface area contributed by atoms with Gasteiger partial charge in [-0.2, -0.15) is 0 Å². The maximum absolute atomic E-state index is 14.5. The lowest BCUT2D eigenvalue weighted by molar-refractivity contribution is 0.0526. The van der Waals surface area contributed by atoms with E-state index in [0.29, 0.717) is 22.7 Å². The molecule has 0 radical (unpaired) electrons. The lowest BCUT2D eigenvalue weighted by Gasteiger charge is -2.22. The monoisotopic (exact) mass is 539 g/mol. The maximum Gasteiger partial charge on any atom is 0.414 e. The van der Waals surface area contributed by atoms with E-state index in [1.165, 1.54) is 6.07 Å². The predicted molar refractivity (Wildman–Crippen MR) is 140 cm³/mol. The molecule has 1 amide bonds. The number of hydrogen-bond donors (Lipinski definition) is 1. The largest absolute Gasteiger partial charge is 0.462 e. The second kappa shape index (κ2) is 12.7. The van der Waals surface area contributed by atoms with Crippen molar-refractivity contribution >= 4 is 46.5 Å². The van der Waals surface area contributed by atoms with Crippen molar-refractivity contribution < 1.29 is 27.8 Å². The summed E-state index contributed by atoms with van der Waals surface area (Å²) in [6.07, 6.45) is -0.875. The summed E-state index contributed by atoms with van der Waals surface area (Å²) in [7, 11) is 4.84. The van der Waals surface area contributed by atoms with E-state index in [2.05, 4.69) is 0 Å². The number of esters is 1. The van der Waals surface area contributed by atoms with E-state index in [0.717, 1.165) is 41.0 Å². The van der Waals surface area contributed by atoms with Crippen LogP contribution in [0.25, 0.3) is 10.4 Å². The molecular formula is C25H28ClF2N3O4S. The van der Waals surface area contributed by atoms with Crippen LogP contribution in [0.5, 0.6) is 0 Å². The summed E-state index contributed by atoms with van der Waals surface area (Å²) in [6, 6.07) is 10.5. The first-order valence-corrected chi connectivity index (χ1v) is 11.6. The molecule has 0 spiro atoms. The van der Waals surface area contributed by atoms with Gasteiger partial charge in [-0.25, -0.2) is 18.4 Å². The van der Waals surface area contributed by atoms with Crippen LogP contribution >= 0.6 is 23.7 Å². The summed E-state index contributed by atoms with van der Waals surface area (Å²) in [6.45, 7) is 1.63. The molecule has 3 rings (SSSR count). The average molecular weight is 540 g/mol. The van der Waals surface area contributed by atoms with Crippen molar-refractivity contribution in [1.29, 1.82) is 0 Å². The third-order valence-corrected chi connectivity index (χ3v) is 6.44. The highest BCUT2D eigenvalue weighted by molar-refractivity contribution is 7.20. The van der Waals surface area contributed by atoms with E-state index in [9.17, 15) is 18.4 Å². The SMILES string of the molecule is CCOC(=O)c1c(N(Cc2c(F)cccc2F)C(=O)OC)sc(-c2ccc(N)cc2)c1CN(C)C.Cl. The van der Waals surface area contributed by atoms with Crippen LogP contribution in [0, 0.1) is 11.6 Å². The number of carbonyl (C=O) groups excluding carboxylic acids is 2. The summed E-state index contributed by atoms with van der Waals surface area (Å²) >= 11 is 1.14. The minimum Gasteiger partial charge on any atom is -0.462 e. The first kappa shape index (κ1) is 29.0. The number of rotatable bonds is 8. The fourth-order valence-electron chi connectivity index (χ4n) is 3.56. The number of thiophene rings is 1. The van der Waals surface area contributed by atoms with Crippen LogP contribution in [0.1, 0.15) is 28.4 Å². The molecule has 0 aliphatic heterocycles. The highest BCUT2D eigenvalue weighted by Gasteiger charge is 2.33. The number of nitrogens with two attached hydrogens (primary N) is 1. The Hall–Kier alpha value is -3.21. The van der Waals surface area contributed by atoms with E-state index < -0.39 is 30.2 Å². The molecule has 0 bridgehead atoms. The quantitative estimate of drug-likeness (QED) is 0.291. The second-order valence-corrected chi connectivity index (χ2v) is 8.93. The third kappa shape index (κ3) is 6.31. The molecule has 0 fully saturated rings. The van der Waals surface area contributed by atoms with Crippen molar-refractivity contribution in [2.75, 3.05) is 38.4 Å². The smallest absolute Gasteiger partial charge is 0.414 e. The van der Waals surface area contributed by atoms with Crippen LogP contribution in [-0.4, -0.2) is 44.8 Å². The minimum atomic E-state index is -0.875. The highest BCUT2D eigenvalue weighted by Crippen LogP contribution is 2.44. The minimum absolute atomic E-state index is 0. The van der Waals surface area contributed by atoms with E-state index in [1.807, 2.05) is 19.0 Å². The molecule has 0 aliphatic rings. The van der Waals surface area contributed by atoms with Crippen LogP contribution < -0.4 is 10.6 Å². The van der Waals surface area contributed by atoms with Gasteiger partial charge in [0.05, 0.1) is 25.8 Å². The zero-order chi connectivity index (χ0) is 25.7. The molecule has 0 unspecified atom stereocenters. The summed E-state index contributed by atoms with van der Waals surface area (Å²) < 4.78 is 39.3. The van der Waals surface area contributed by atoms with Crippen LogP contribution in [-0.2, 0) is 22.6 Å². The molecule has 11 heteroatoms. The summed E-state index contributed by atoms with van der Waals surface area (Å²) in [5.41, 5.74) is 7.60. The van der Waals surface area contributed by atoms with E-state index in [-0.39, 0.29) is 35.1 Å². The van der Waals surface area contributed by atoms with Crippen LogP contribution in [0.2, 0.25) is 0 Å². The number of hydrogen-bond acceptors (Lipinski definition) is 7. The Morgan fingerprint density at radius 2 is 1.61 bits per heavy atom. The standard InChI is InChI=1S/C25H27F2N3O4S.ClH/c1-5-34-24(31)21-18(13-29(2)3)22(15-9-11-16(28)12-10-15)35-23(21)30(25(32)33-4)14-17-19(26)7-6-8-20(17)27;/h6-12H,5,13-14,28H2,1-4H3;1H. The van der Waals surface area contributed by atoms with Crippen molar-refractivity contribution in [2.45, 2.75) is 20.0 Å². The first-order chi connectivity index (χ1) is 16.7. The van der Waals surface area contributed by atoms with Gasteiger partial charge in [-0.3, -0.25) is 4.90 Å². The molecule has 2 N–H and O–H groups in total. The Labute approximate surface area is 218 Å². The number of anilines is 2. The molecule has 1 aromatic heterocycles. The Bertz CT molecular complexity index is 1200. The van der Waals surface area contributed by atoms with Gasteiger partial charge in [-0.1, -0.05) is 18.2 Å². The number of carbonyl (C=O) groups is 2. The number of halogens is 3. The van der Waals surface area contributed by atoms with Gasteiger partial charge in [0.15, 0.2) is 0 Å². The second-order valence-electron chi connectivity index (χ2n) is 7.93. The molecule has 0 saturated heterocycles. The molecule has 0 saturated carbocycles. The zero-order valence-electron chi connectivity index (χ0n) is 20.3. The van der Waals surface area contributed by atoms with Crippen molar-refractivity contribution in [3.8, 4) is 10.4 Å². The summed E-state index contributed by atoms with van der Waals surface area (Å²) in [4.78, 5) is 29.7. The Morgan fingerprint density at radius 1 is 1.00 bits per heavy atom. The van der Waals surface area contributed by atoms with Gasteiger partial charge < -0.3 is 20.1 Å². The zero-order valence-corrected chi connectivity index (χ0v) is 22.0. The fraction of sp³-hybridized carbons (Fsp3) is 0.280. The van der Waals surface area contributed by atoms with Crippen molar-refractivity contribution in [3.63, 3.8) is 0 Å². The van der Waals surface area contributed by atoms with Crippen molar-refractivity contribution in [2.24, 2.45) is 0 Å². The normalized spacial score (nSPS) is 10.6. The molecular weight excluding hydrogens is 512 g/mol. The van der Waals surface area contributed by atoms with Crippen molar-refractivity contribution in [3.05, 3.63) is 70.8 Å². The topological polar surface area (TPSA) is 85.1 Å². The molecule has 1 heterocycles. The highest BCUT2D eigenvalue weighted by atomic mass is 35.5.